The molecule has 0 saturated heterocycles. The van der Waals surface area contributed by atoms with Gasteiger partial charge in [-0.05, 0) is 71.8 Å². The monoisotopic (exact) mass is 521 g/mol. The molecule has 0 bridgehead atoms. The van der Waals surface area contributed by atoms with Gasteiger partial charge in [-0.15, -0.1) is 0 Å². The summed E-state index contributed by atoms with van der Waals surface area (Å²) in [5.41, 5.74) is 4.58. The Morgan fingerprint density at radius 3 is 1.60 bits per heavy atom. The van der Waals surface area contributed by atoms with Crippen LogP contribution in [0.15, 0.2) is 98.7 Å². The van der Waals surface area contributed by atoms with Gasteiger partial charge in [0.25, 0.3) is 0 Å². The molecule has 2 nitrogen and oxygen atoms in total. The third-order valence-corrected chi connectivity index (χ3v) is 6.18. The molecule has 4 aromatic carbocycles. The molecule has 5 heteroatoms. The van der Waals surface area contributed by atoms with Crippen molar-refractivity contribution in [2.45, 2.75) is 0 Å². The first-order valence-corrected chi connectivity index (χ1v) is 10.9. The second-order valence-corrected chi connectivity index (χ2v) is 8.87. The molecule has 0 radical (unpaired) electrons. The van der Waals surface area contributed by atoms with E-state index in [-0.39, 0.29) is 11.2 Å². The molecule has 0 atom stereocenters. The standard InChI is InChI=1S/C25H14Br2FNO/c26-17-5-11-23-21(13-17)25(30)22-14-18(27)6-12-24(22)29(23)20-9-3-16(4-10-20)15-1-7-19(28)8-2-15/h1-14H. The van der Waals surface area contributed by atoms with Crippen molar-refractivity contribution in [1.29, 1.82) is 0 Å². The highest BCUT2D eigenvalue weighted by Gasteiger charge is 2.13. The molecule has 0 unspecified atom stereocenters. The third-order valence-electron chi connectivity index (χ3n) is 5.19. The van der Waals surface area contributed by atoms with E-state index in [4.69, 9.17) is 0 Å². The molecule has 0 aliphatic carbocycles. The summed E-state index contributed by atoms with van der Waals surface area (Å²) in [6.07, 6.45) is 0. The zero-order valence-electron chi connectivity index (χ0n) is 15.6. The van der Waals surface area contributed by atoms with E-state index in [2.05, 4.69) is 36.4 Å². The molecule has 5 aromatic rings. The molecule has 0 aliphatic rings. The Morgan fingerprint density at radius 1 is 0.633 bits per heavy atom. The summed E-state index contributed by atoms with van der Waals surface area (Å²) in [5, 5.41) is 1.30. The number of halogens is 3. The van der Waals surface area contributed by atoms with Gasteiger partial charge in [-0.3, -0.25) is 4.79 Å². The Hall–Kier alpha value is -2.76. The van der Waals surface area contributed by atoms with Gasteiger partial charge in [0.1, 0.15) is 5.82 Å². The van der Waals surface area contributed by atoms with Crippen LogP contribution in [0.3, 0.4) is 0 Å². The van der Waals surface area contributed by atoms with Gasteiger partial charge in [0.05, 0.1) is 11.0 Å². The van der Waals surface area contributed by atoms with E-state index in [1.165, 1.54) is 12.1 Å². The van der Waals surface area contributed by atoms with E-state index < -0.39 is 0 Å². The summed E-state index contributed by atoms with van der Waals surface area (Å²) in [5.74, 6) is -0.251. The van der Waals surface area contributed by atoms with E-state index in [0.717, 1.165) is 36.8 Å². The predicted octanol–water partition coefficient (Wildman–Crippen LogP) is 7.48. The van der Waals surface area contributed by atoms with Gasteiger partial charge in [-0.1, -0.05) is 56.1 Å². The first-order valence-electron chi connectivity index (χ1n) is 9.31. The number of aromatic nitrogens is 1. The Labute approximate surface area is 188 Å². The zero-order valence-corrected chi connectivity index (χ0v) is 18.7. The SMILES string of the molecule is O=c1c2cc(Br)ccc2n(-c2ccc(-c3ccc(F)cc3)cc2)c2ccc(Br)cc12. The van der Waals surface area contributed by atoms with Gasteiger partial charge in [0.2, 0.25) is 0 Å². The number of rotatable bonds is 2. The molecule has 5 rings (SSSR count). The van der Waals surface area contributed by atoms with Crippen LogP contribution >= 0.6 is 31.9 Å². The molecule has 146 valence electrons. The topological polar surface area (TPSA) is 22.0 Å². The lowest BCUT2D eigenvalue weighted by Gasteiger charge is -2.16. The molecule has 1 aromatic heterocycles. The number of benzene rings is 4. The van der Waals surface area contributed by atoms with Crippen molar-refractivity contribution in [3.05, 3.63) is 110 Å². The fourth-order valence-corrected chi connectivity index (χ4v) is 4.49. The molecule has 0 fully saturated rings. The van der Waals surface area contributed by atoms with Gasteiger partial charge in [-0.2, -0.15) is 0 Å². The molecular formula is C25H14Br2FNO. The number of pyridine rings is 1. The van der Waals surface area contributed by atoms with Crippen molar-refractivity contribution in [2.24, 2.45) is 0 Å². The smallest absolute Gasteiger partial charge is 0.197 e. The predicted molar refractivity (Wildman–Crippen MR) is 128 cm³/mol. The molecule has 0 spiro atoms. The van der Waals surface area contributed by atoms with E-state index in [1.54, 1.807) is 12.1 Å². The summed E-state index contributed by atoms with van der Waals surface area (Å²) in [6, 6.07) is 26.0. The van der Waals surface area contributed by atoms with Crippen LogP contribution in [0.2, 0.25) is 0 Å². The summed E-state index contributed by atoms with van der Waals surface area (Å²) in [4.78, 5) is 13.2. The minimum Gasteiger partial charge on any atom is -0.309 e. The van der Waals surface area contributed by atoms with Gasteiger partial charge >= 0.3 is 0 Å². The Kier molecular flexibility index (Phi) is 4.80. The van der Waals surface area contributed by atoms with Crippen molar-refractivity contribution in [3.63, 3.8) is 0 Å². The molecular weight excluding hydrogens is 509 g/mol. The van der Waals surface area contributed by atoms with Crippen LogP contribution in [0.4, 0.5) is 4.39 Å². The minimum absolute atomic E-state index is 0.00165. The summed E-state index contributed by atoms with van der Waals surface area (Å²) < 4.78 is 17.1. The summed E-state index contributed by atoms with van der Waals surface area (Å²) >= 11 is 6.96. The second kappa shape index (κ2) is 7.49. The summed E-state index contributed by atoms with van der Waals surface area (Å²) in [6.45, 7) is 0. The third kappa shape index (κ3) is 3.28. The number of hydrogen-bond acceptors (Lipinski definition) is 1. The summed E-state index contributed by atoms with van der Waals surface area (Å²) in [7, 11) is 0. The van der Waals surface area contributed by atoms with E-state index in [0.29, 0.717) is 10.8 Å². The van der Waals surface area contributed by atoms with Gasteiger partial charge < -0.3 is 4.57 Å². The lowest BCUT2D eigenvalue weighted by molar-refractivity contribution is 0.628. The first kappa shape index (κ1) is 19.2. The van der Waals surface area contributed by atoms with Crippen molar-refractivity contribution in [1.82, 2.24) is 4.57 Å². The molecule has 0 aliphatic heterocycles. The lowest BCUT2D eigenvalue weighted by Crippen LogP contribution is -2.10. The number of nitrogens with zero attached hydrogens (tertiary/aromatic N) is 1. The van der Waals surface area contributed by atoms with Crippen molar-refractivity contribution in [2.75, 3.05) is 0 Å². The Bertz CT molecular complexity index is 1410. The van der Waals surface area contributed by atoms with Crippen molar-refractivity contribution in [3.8, 4) is 16.8 Å². The normalized spacial score (nSPS) is 11.3. The molecule has 30 heavy (non-hydrogen) atoms. The number of fused-ring (bicyclic) bond motifs is 2. The van der Waals surface area contributed by atoms with Crippen LogP contribution in [0, 0.1) is 5.82 Å². The van der Waals surface area contributed by atoms with Crippen LogP contribution in [0.5, 0.6) is 0 Å². The van der Waals surface area contributed by atoms with Crippen molar-refractivity contribution < 1.29 is 4.39 Å². The van der Waals surface area contributed by atoms with Crippen LogP contribution < -0.4 is 5.43 Å². The molecule has 0 saturated carbocycles. The quantitative estimate of drug-likeness (QED) is 0.220. The number of hydrogen-bond donors (Lipinski definition) is 0. The fourth-order valence-electron chi connectivity index (χ4n) is 3.77. The van der Waals surface area contributed by atoms with E-state index in [9.17, 15) is 9.18 Å². The average molecular weight is 523 g/mol. The zero-order chi connectivity index (χ0) is 20.8. The average Bonchev–Trinajstić information content (AvgIpc) is 2.76. The first-order chi connectivity index (χ1) is 14.5. The Morgan fingerprint density at radius 2 is 1.10 bits per heavy atom. The van der Waals surface area contributed by atoms with E-state index >= 15 is 0 Å². The lowest BCUT2D eigenvalue weighted by atomic mass is 10.0. The highest BCUT2D eigenvalue weighted by atomic mass is 79.9. The maximum atomic E-state index is 13.2. The molecule has 1 heterocycles. The highest BCUT2D eigenvalue weighted by Crippen LogP contribution is 2.29. The Balaban J connectivity index is 1.78. The maximum Gasteiger partial charge on any atom is 0.197 e. The fraction of sp³-hybridized carbons (Fsp3) is 0. The van der Waals surface area contributed by atoms with Crippen LogP contribution in [0.1, 0.15) is 0 Å². The highest BCUT2D eigenvalue weighted by molar-refractivity contribution is 9.10. The minimum atomic E-state index is -0.251. The van der Waals surface area contributed by atoms with Gasteiger partial charge in [-0.25, -0.2) is 4.39 Å². The van der Waals surface area contributed by atoms with Crippen LogP contribution in [0.25, 0.3) is 38.6 Å². The van der Waals surface area contributed by atoms with Crippen molar-refractivity contribution >= 4 is 53.7 Å². The van der Waals surface area contributed by atoms with Crippen LogP contribution in [-0.2, 0) is 0 Å². The second-order valence-electron chi connectivity index (χ2n) is 7.04. The van der Waals surface area contributed by atoms with Crippen LogP contribution in [-0.4, -0.2) is 4.57 Å². The maximum absolute atomic E-state index is 13.2. The largest absolute Gasteiger partial charge is 0.309 e. The van der Waals surface area contributed by atoms with Gasteiger partial charge in [0, 0.05) is 25.4 Å². The molecule has 0 N–H and O–H groups in total. The van der Waals surface area contributed by atoms with Gasteiger partial charge in [0.15, 0.2) is 5.43 Å². The van der Waals surface area contributed by atoms with E-state index in [1.807, 2.05) is 60.7 Å². The molecule has 0 amide bonds.